The van der Waals surface area contributed by atoms with Crippen LogP contribution in [0.25, 0.3) is 0 Å². The third-order valence-electron chi connectivity index (χ3n) is 4.68. The molecule has 0 fully saturated rings. The van der Waals surface area contributed by atoms with Crippen molar-refractivity contribution in [3.63, 3.8) is 0 Å². The lowest BCUT2D eigenvalue weighted by Crippen LogP contribution is -2.37. The Bertz CT molecular complexity index is 1030. The molecular weight excluding hydrogens is 374 g/mol. The number of thiophene rings is 1. The molecule has 0 bridgehead atoms. The van der Waals surface area contributed by atoms with Crippen molar-refractivity contribution in [3.05, 3.63) is 66.1 Å². The Morgan fingerprint density at radius 2 is 1.71 bits per heavy atom. The third kappa shape index (κ3) is 3.81. The van der Waals surface area contributed by atoms with Crippen LogP contribution < -0.4 is 21.5 Å². The Morgan fingerprint density at radius 1 is 1.07 bits per heavy atom. The van der Waals surface area contributed by atoms with Crippen LogP contribution in [0, 0.1) is 6.92 Å². The van der Waals surface area contributed by atoms with Crippen molar-refractivity contribution in [1.29, 1.82) is 0 Å². The molecule has 0 radical (unpaired) electrons. The predicted octanol–water partition coefficient (Wildman–Crippen LogP) is 3.73. The van der Waals surface area contributed by atoms with Gasteiger partial charge in [0.25, 0.3) is 10.9 Å². The summed E-state index contributed by atoms with van der Waals surface area (Å²) < 4.78 is 0. The second-order valence-corrected chi connectivity index (χ2v) is 8.40. The molecule has 3 aromatic rings. The molecule has 2 aromatic carbocycles. The van der Waals surface area contributed by atoms with Gasteiger partial charge in [0.2, 0.25) is 0 Å². The van der Waals surface area contributed by atoms with Gasteiger partial charge in [0.1, 0.15) is 11.4 Å². The monoisotopic (exact) mass is 399 g/mol. The summed E-state index contributed by atoms with van der Waals surface area (Å²) in [6, 6.07) is 9.73. The van der Waals surface area contributed by atoms with Crippen LogP contribution in [0.15, 0.2) is 39.9 Å². The van der Waals surface area contributed by atoms with E-state index in [1.165, 1.54) is 11.3 Å². The first kappa shape index (κ1) is 20.1. The SMILES string of the molecule is CC[C@@H](Nc1c(Nc2c(C)sc(CN(C)C)c2O)c(=O)c1=O)c1ccccc1. The first-order chi connectivity index (χ1) is 13.3. The van der Waals surface area contributed by atoms with Gasteiger partial charge in [0, 0.05) is 11.4 Å². The number of nitrogens with zero attached hydrogens (tertiary/aromatic N) is 1. The Balaban J connectivity index is 1.88. The second kappa shape index (κ2) is 8.16. The number of hydrogen-bond acceptors (Lipinski definition) is 7. The normalized spacial score (nSPS) is 12.5. The van der Waals surface area contributed by atoms with Gasteiger partial charge in [-0.05, 0) is 33.0 Å². The van der Waals surface area contributed by atoms with Crippen LogP contribution in [0.4, 0.5) is 17.1 Å². The Morgan fingerprint density at radius 3 is 2.32 bits per heavy atom. The summed E-state index contributed by atoms with van der Waals surface area (Å²) >= 11 is 1.47. The lowest BCUT2D eigenvalue weighted by atomic mass is 10.0. The molecule has 28 heavy (non-hydrogen) atoms. The van der Waals surface area contributed by atoms with Crippen molar-refractivity contribution in [1.82, 2.24) is 4.90 Å². The van der Waals surface area contributed by atoms with Crippen molar-refractivity contribution in [2.75, 3.05) is 24.7 Å². The summed E-state index contributed by atoms with van der Waals surface area (Å²) in [6.45, 7) is 4.50. The van der Waals surface area contributed by atoms with Gasteiger partial charge in [0.15, 0.2) is 5.75 Å². The molecule has 7 heteroatoms. The van der Waals surface area contributed by atoms with E-state index in [0.29, 0.717) is 12.2 Å². The van der Waals surface area contributed by atoms with Crippen molar-refractivity contribution < 1.29 is 5.11 Å². The summed E-state index contributed by atoms with van der Waals surface area (Å²) in [4.78, 5) is 28.0. The van der Waals surface area contributed by atoms with E-state index >= 15 is 0 Å². The molecule has 0 spiro atoms. The van der Waals surface area contributed by atoms with E-state index in [-0.39, 0.29) is 23.2 Å². The van der Waals surface area contributed by atoms with Gasteiger partial charge in [-0.15, -0.1) is 11.3 Å². The molecule has 0 amide bonds. The van der Waals surface area contributed by atoms with Gasteiger partial charge >= 0.3 is 0 Å². The van der Waals surface area contributed by atoms with Crippen molar-refractivity contribution >= 4 is 28.4 Å². The zero-order valence-corrected chi connectivity index (χ0v) is 17.3. The van der Waals surface area contributed by atoms with E-state index in [0.717, 1.165) is 21.7 Å². The van der Waals surface area contributed by atoms with Crippen molar-refractivity contribution in [2.45, 2.75) is 32.9 Å². The fourth-order valence-corrected chi connectivity index (χ4v) is 4.33. The lowest BCUT2D eigenvalue weighted by Gasteiger charge is -2.22. The first-order valence-electron chi connectivity index (χ1n) is 9.21. The lowest BCUT2D eigenvalue weighted by molar-refractivity contribution is 0.392. The first-order valence-corrected chi connectivity index (χ1v) is 10.0. The number of aromatic hydroxyl groups is 1. The number of nitrogens with one attached hydrogen (secondary N) is 2. The van der Waals surface area contributed by atoms with Crippen molar-refractivity contribution in [3.8, 4) is 5.75 Å². The molecule has 0 saturated heterocycles. The van der Waals surface area contributed by atoms with Gasteiger partial charge in [-0.2, -0.15) is 0 Å². The van der Waals surface area contributed by atoms with Gasteiger partial charge in [0.05, 0.1) is 16.6 Å². The molecule has 0 unspecified atom stereocenters. The van der Waals surface area contributed by atoms with Crippen LogP contribution in [-0.2, 0) is 6.54 Å². The standard InChI is InChI=1S/C21H25N3O3S/c1-5-14(13-9-7-6-8-10-13)22-17-18(21(27)20(17)26)23-16-12(2)28-15(19(16)25)11-24(3)4/h6-10,14,22-23,25H,5,11H2,1-4H3/t14-/m1/s1. The molecule has 148 valence electrons. The molecule has 3 rings (SSSR count). The number of aryl methyl sites for hydroxylation is 1. The van der Waals surface area contributed by atoms with Crippen LogP contribution in [0.2, 0.25) is 0 Å². The fraction of sp³-hybridized carbons (Fsp3) is 0.333. The molecule has 0 aliphatic rings. The highest BCUT2D eigenvalue weighted by atomic mass is 32.1. The van der Waals surface area contributed by atoms with E-state index < -0.39 is 10.9 Å². The van der Waals surface area contributed by atoms with Crippen LogP contribution in [-0.4, -0.2) is 24.1 Å². The summed E-state index contributed by atoms with van der Waals surface area (Å²) in [5, 5.41) is 16.8. The average molecular weight is 400 g/mol. The van der Waals surface area contributed by atoms with Crippen LogP contribution >= 0.6 is 11.3 Å². The quantitative estimate of drug-likeness (QED) is 0.501. The summed E-state index contributed by atoms with van der Waals surface area (Å²) in [6.07, 6.45) is 0.762. The topological polar surface area (TPSA) is 81.7 Å². The highest BCUT2D eigenvalue weighted by Crippen LogP contribution is 2.41. The van der Waals surface area contributed by atoms with Gasteiger partial charge in [-0.1, -0.05) is 37.3 Å². The predicted molar refractivity (Wildman–Crippen MR) is 116 cm³/mol. The molecule has 1 atom stereocenters. The van der Waals surface area contributed by atoms with E-state index in [2.05, 4.69) is 10.6 Å². The minimum Gasteiger partial charge on any atom is -0.505 e. The smallest absolute Gasteiger partial charge is 0.253 e. The molecule has 0 aliphatic carbocycles. The van der Waals surface area contributed by atoms with Gasteiger partial charge in [-0.3, -0.25) is 9.59 Å². The van der Waals surface area contributed by atoms with Crippen molar-refractivity contribution in [2.24, 2.45) is 0 Å². The van der Waals surface area contributed by atoms with Gasteiger partial charge in [-0.25, -0.2) is 0 Å². The zero-order valence-electron chi connectivity index (χ0n) is 16.5. The Labute approximate surface area is 168 Å². The maximum atomic E-state index is 12.2. The maximum Gasteiger partial charge on any atom is 0.253 e. The van der Waals surface area contributed by atoms with Gasteiger partial charge < -0.3 is 20.6 Å². The largest absolute Gasteiger partial charge is 0.505 e. The molecule has 0 saturated carbocycles. The molecule has 1 heterocycles. The highest BCUT2D eigenvalue weighted by Gasteiger charge is 2.26. The average Bonchev–Trinajstić information content (AvgIpc) is 2.94. The number of anilines is 3. The Kier molecular flexibility index (Phi) is 5.86. The molecule has 6 nitrogen and oxygen atoms in total. The van der Waals surface area contributed by atoms with E-state index in [4.69, 9.17) is 0 Å². The second-order valence-electron chi connectivity index (χ2n) is 7.09. The number of benzene rings is 1. The highest BCUT2D eigenvalue weighted by molar-refractivity contribution is 7.12. The molecular formula is C21H25N3O3S. The van der Waals surface area contributed by atoms with Crippen LogP contribution in [0.1, 0.15) is 34.7 Å². The minimum absolute atomic E-state index is 0.0773. The zero-order chi connectivity index (χ0) is 20.4. The maximum absolute atomic E-state index is 12.2. The van der Waals surface area contributed by atoms with E-state index in [9.17, 15) is 14.7 Å². The summed E-state index contributed by atoms with van der Waals surface area (Å²) in [7, 11) is 3.85. The molecule has 3 N–H and O–H groups in total. The van der Waals surface area contributed by atoms with Crippen LogP contribution in [0.3, 0.4) is 0 Å². The number of hydrogen-bond donors (Lipinski definition) is 3. The van der Waals surface area contributed by atoms with Crippen LogP contribution in [0.5, 0.6) is 5.75 Å². The number of rotatable bonds is 8. The summed E-state index contributed by atoms with van der Waals surface area (Å²) in [5.41, 5.74) is 0.936. The molecule has 0 aliphatic heterocycles. The summed E-state index contributed by atoms with van der Waals surface area (Å²) in [5.74, 6) is 0.130. The fourth-order valence-electron chi connectivity index (χ4n) is 3.19. The van der Waals surface area contributed by atoms with E-state index in [1.807, 2.05) is 63.2 Å². The third-order valence-corrected chi connectivity index (χ3v) is 5.76. The molecule has 1 aromatic heterocycles. The van der Waals surface area contributed by atoms with E-state index in [1.54, 1.807) is 0 Å². The minimum atomic E-state index is -0.565. The Hall–Kier alpha value is -2.64.